The van der Waals surface area contributed by atoms with Gasteiger partial charge in [0, 0.05) is 11.1 Å². The van der Waals surface area contributed by atoms with Gasteiger partial charge in [-0.25, -0.2) is 0 Å². The van der Waals surface area contributed by atoms with Crippen molar-refractivity contribution in [2.45, 2.75) is 40.5 Å². The summed E-state index contributed by atoms with van der Waals surface area (Å²) >= 11 is 0. The van der Waals surface area contributed by atoms with Crippen molar-refractivity contribution in [2.75, 3.05) is 0 Å². The third kappa shape index (κ3) is 3.44. The molecule has 1 heteroatoms. The van der Waals surface area contributed by atoms with E-state index in [1.54, 1.807) is 0 Å². The van der Waals surface area contributed by atoms with Crippen molar-refractivity contribution in [3.05, 3.63) is 47.7 Å². The van der Waals surface area contributed by atoms with Gasteiger partial charge < -0.3 is 0 Å². The number of benzene rings is 1. The molecule has 0 fully saturated rings. The molecule has 0 atom stereocenters. The second kappa shape index (κ2) is 5.56. The molecule has 0 aliphatic heterocycles. The molecule has 19 heavy (non-hydrogen) atoms. The zero-order valence-electron chi connectivity index (χ0n) is 12.4. The van der Waals surface area contributed by atoms with Crippen LogP contribution in [0.3, 0.4) is 0 Å². The van der Waals surface area contributed by atoms with Gasteiger partial charge in [-0.15, -0.1) is 0 Å². The van der Waals surface area contributed by atoms with Crippen LogP contribution in [0.1, 0.15) is 45.4 Å². The lowest BCUT2D eigenvalue weighted by atomic mass is 9.89. The third-order valence-electron chi connectivity index (χ3n) is 3.77. The predicted molar refractivity (Wildman–Crippen MR) is 84.2 cm³/mol. The number of rotatable bonds is 4. The van der Waals surface area contributed by atoms with Crippen molar-refractivity contribution in [3.63, 3.8) is 0 Å². The standard InChI is InChI=1S/C18H23N/c1-5-16-10-9-15-8-7-14(13-17(15)19-16)11-12-18(3,4)6-2/h7-13H,5-6H2,1-4H3/b12-11+. The Kier molecular flexibility index (Phi) is 4.04. The number of nitrogens with zero attached hydrogens (tertiary/aromatic N) is 1. The Balaban J connectivity index is 2.35. The van der Waals surface area contributed by atoms with E-state index >= 15 is 0 Å². The summed E-state index contributed by atoms with van der Waals surface area (Å²) < 4.78 is 0. The van der Waals surface area contributed by atoms with Crippen LogP contribution in [0.15, 0.2) is 36.4 Å². The Morgan fingerprint density at radius 2 is 1.84 bits per heavy atom. The SMILES string of the molecule is CCc1ccc2ccc(/C=C/C(C)(C)CC)cc2n1. The highest BCUT2D eigenvalue weighted by Gasteiger charge is 2.09. The molecule has 0 spiro atoms. The van der Waals surface area contributed by atoms with Crippen LogP contribution in [0.4, 0.5) is 0 Å². The van der Waals surface area contributed by atoms with E-state index < -0.39 is 0 Å². The normalized spacial score (nSPS) is 12.4. The molecule has 1 nitrogen and oxygen atoms in total. The molecule has 0 aliphatic rings. The van der Waals surface area contributed by atoms with Crippen LogP contribution in [0.2, 0.25) is 0 Å². The first-order chi connectivity index (χ1) is 9.04. The van der Waals surface area contributed by atoms with E-state index in [0.717, 1.165) is 24.1 Å². The molecular formula is C18H23N. The monoisotopic (exact) mass is 253 g/mol. The minimum absolute atomic E-state index is 0.258. The highest BCUT2D eigenvalue weighted by atomic mass is 14.7. The maximum atomic E-state index is 4.69. The molecule has 0 aliphatic carbocycles. The zero-order chi connectivity index (χ0) is 13.9. The molecule has 0 bridgehead atoms. The molecule has 0 saturated carbocycles. The lowest BCUT2D eigenvalue weighted by Crippen LogP contribution is -2.03. The van der Waals surface area contributed by atoms with Gasteiger partial charge in [-0.05, 0) is 36.0 Å². The average Bonchev–Trinajstić information content (AvgIpc) is 2.44. The van der Waals surface area contributed by atoms with Crippen LogP contribution in [-0.4, -0.2) is 4.98 Å². The minimum atomic E-state index is 0.258. The third-order valence-corrected chi connectivity index (χ3v) is 3.77. The van der Waals surface area contributed by atoms with E-state index in [2.05, 4.69) is 75.2 Å². The number of hydrogen-bond donors (Lipinski definition) is 0. The van der Waals surface area contributed by atoms with Crippen LogP contribution in [-0.2, 0) is 6.42 Å². The van der Waals surface area contributed by atoms with E-state index in [1.807, 2.05) is 0 Å². The number of fused-ring (bicyclic) bond motifs is 1. The maximum absolute atomic E-state index is 4.69. The summed E-state index contributed by atoms with van der Waals surface area (Å²) in [5, 5.41) is 1.21. The van der Waals surface area contributed by atoms with Crippen molar-refractivity contribution in [1.29, 1.82) is 0 Å². The Hall–Kier alpha value is -1.63. The van der Waals surface area contributed by atoms with Gasteiger partial charge in [-0.2, -0.15) is 0 Å². The molecule has 0 radical (unpaired) electrons. The molecular weight excluding hydrogens is 230 g/mol. The van der Waals surface area contributed by atoms with Crippen LogP contribution >= 0.6 is 0 Å². The van der Waals surface area contributed by atoms with Gasteiger partial charge in [0.05, 0.1) is 5.52 Å². The molecule has 1 aromatic heterocycles. The molecule has 2 rings (SSSR count). The van der Waals surface area contributed by atoms with Gasteiger partial charge in [-0.1, -0.05) is 58.0 Å². The highest BCUT2D eigenvalue weighted by molar-refractivity contribution is 5.81. The molecule has 1 heterocycles. The number of allylic oxidation sites excluding steroid dienone is 1. The van der Waals surface area contributed by atoms with Gasteiger partial charge >= 0.3 is 0 Å². The smallest absolute Gasteiger partial charge is 0.0711 e. The molecule has 0 unspecified atom stereocenters. The van der Waals surface area contributed by atoms with E-state index in [-0.39, 0.29) is 5.41 Å². The van der Waals surface area contributed by atoms with Crippen molar-refractivity contribution in [3.8, 4) is 0 Å². The fourth-order valence-electron chi connectivity index (χ4n) is 1.92. The summed E-state index contributed by atoms with van der Waals surface area (Å²) in [6.45, 7) is 8.89. The first kappa shape index (κ1) is 13.8. The number of aromatic nitrogens is 1. The Bertz CT molecular complexity index is 594. The van der Waals surface area contributed by atoms with Crippen molar-refractivity contribution in [2.24, 2.45) is 5.41 Å². The molecule has 2 aromatic rings. The van der Waals surface area contributed by atoms with Gasteiger partial charge in [0.2, 0.25) is 0 Å². The Morgan fingerprint density at radius 1 is 1.11 bits per heavy atom. The lowest BCUT2D eigenvalue weighted by molar-refractivity contribution is 0.464. The van der Waals surface area contributed by atoms with Crippen LogP contribution in [0.5, 0.6) is 0 Å². The predicted octanol–water partition coefficient (Wildman–Crippen LogP) is 5.25. The van der Waals surface area contributed by atoms with Crippen LogP contribution in [0.25, 0.3) is 17.0 Å². The first-order valence-electron chi connectivity index (χ1n) is 7.13. The lowest BCUT2D eigenvalue weighted by Gasteiger charge is -2.16. The minimum Gasteiger partial charge on any atom is -0.253 e. The van der Waals surface area contributed by atoms with Crippen molar-refractivity contribution >= 4 is 17.0 Å². The Morgan fingerprint density at radius 3 is 2.53 bits per heavy atom. The van der Waals surface area contributed by atoms with Crippen LogP contribution < -0.4 is 0 Å². The van der Waals surface area contributed by atoms with Gasteiger partial charge in [0.1, 0.15) is 0 Å². The number of pyridine rings is 1. The van der Waals surface area contributed by atoms with E-state index in [1.165, 1.54) is 10.9 Å². The maximum Gasteiger partial charge on any atom is 0.0711 e. The summed E-state index contributed by atoms with van der Waals surface area (Å²) in [4.78, 5) is 4.69. The Labute approximate surface area is 116 Å². The molecule has 0 saturated heterocycles. The van der Waals surface area contributed by atoms with E-state index in [4.69, 9.17) is 0 Å². The fraction of sp³-hybridized carbons (Fsp3) is 0.389. The van der Waals surface area contributed by atoms with Crippen molar-refractivity contribution in [1.82, 2.24) is 4.98 Å². The second-order valence-electron chi connectivity index (χ2n) is 5.78. The fourth-order valence-corrected chi connectivity index (χ4v) is 1.92. The molecule has 100 valence electrons. The number of aryl methyl sites for hydroxylation is 1. The first-order valence-corrected chi connectivity index (χ1v) is 7.13. The summed E-state index contributed by atoms with van der Waals surface area (Å²) in [5.41, 5.74) is 3.74. The second-order valence-corrected chi connectivity index (χ2v) is 5.78. The molecule has 0 N–H and O–H groups in total. The summed E-state index contributed by atoms with van der Waals surface area (Å²) in [7, 11) is 0. The topological polar surface area (TPSA) is 12.9 Å². The average molecular weight is 253 g/mol. The largest absolute Gasteiger partial charge is 0.253 e. The molecule has 1 aromatic carbocycles. The van der Waals surface area contributed by atoms with E-state index in [0.29, 0.717) is 0 Å². The highest BCUT2D eigenvalue weighted by Crippen LogP contribution is 2.23. The summed E-state index contributed by atoms with van der Waals surface area (Å²) in [6.07, 6.45) is 6.63. The zero-order valence-corrected chi connectivity index (χ0v) is 12.4. The van der Waals surface area contributed by atoms with E-state index in [9.17, 15) is 0 Å². The van der Waals surface area contributed by atoms with Crippen molar-refractivity contribution < 1.29 is 0 Å². The number of hydrogen-bond acceptors (Lipinski definition) is 1. The van der Waals surface area contributed by atoms with Crippen LogP contribution in [0, 0.1) is 5.41 Å². The molecule has 0 amide bonds. The van der Waals surface area contributed by atoms with Gasteiger partial charge in [-0.3, -0.25) is 4.98 Å². The van der Waals surface area contributed by atoms with Gasteiger partial charge in [0.25, 0.3) is 0 Å². The summed E-state index contributed by atoms with van der Waals surface area (Å²) in [5.74, 6) is 0. The quantitative estimate of drug-likeness (QED) is 0.725. The van der Waals surface area contributed by atoms with Gasteiger partial charge in [0.15, 0.2) is 0 Å². The summed E-state index contributed by atoms with van der Waals surface area (Å²) in [6, 6.07) is 10.8.